The molecule has 1 aromatic rings. The number of rotatable bonds is 3. The van der Waals surface area contributed by atoms with Crippen molar-refractivity contribution in [2.24, 2.45) is 5.41 Å². The lowest BCUT2D eigenvalue weighted by atomic mass is 9.89. The van der Waals surface area contributed by atoms with Crippen molar-refractivity contribution in [2.75, 3.05) is 25.1 Å². The van der Waals surface area contributed by atoms with Crippen molar-refractivity contribution in [1.82, 2.24) is 0 Å². The molecule has 82 valence electrons. The molecule has 1 heterocycles. The molecule has 1 fully saturated rings. The Bertz CT molecular complexity index is 361. The van der Waals surface area contributed by atoms with Crippen LogP contribution in [0.1, 0.15) is 12.5 Å². The zero-order valence-corrected chi connectivity index (χ0v) is 10.7. The predicted molar refractivity (Wildman–Crippen MR) is 66.3 cm³/mol. The zero-order chi connectivity index (χ0) is 10.9. The van der Waals surface area contributed by atoms with E-state index in [2.05, 4.69) is 53.3 Å². The monoisotopic (exact) mass is 269 g/mol. The van der Waals surface area contributed by atoms with Gasteiger partial charge >= 0.3 is 0 Å². The van der Waals surface area contributed by atoms with Crippen LogP contribution >= 0.6 is 15.9 Å². The highest BCUT2D eigenvalue weighted by atomic mass is 79.9. The molecule has 1 aromatic carbocycles. The number of hydrogen-bond donors (Lipinski definition) is 1. The van der Waals surface area contributed by atoms with Gasteiger partial charge in [-0.1, -0.05) is 13.0 Å². The van der Waals surface area contributed by atoms with Crippen molar-refractivity contribution in [1.29, 1.82) is 0 Å². The second kappa shape index (κ2) is 4.14. The molecule has 2 nitrogen and oxygen atoms in total. The van der Waals surface area contributed by atoms with Gasteiger partial charge in [0.05, 0.1) is 13.2 Å². The van der Waals surface area contributed by atoms with Gasteiger partial charge in [-0.2, -0.15) is 0 Å². The number of benzene rings is 1. The summed E-state index contributed by atoms with van der Waals surface area (Å²) in [6.45, 7) is 7.03. The van der Waals surface area contributed by atoms with Crippen LogP contribution in [0.5, 0.6) is 0 Å². The van der Waals surface area contributed by atoms with E-state index >= 15 is 0 Å². The molecule has 0 aliphatic carbocycles. The Balaban J connectivity index is 1.98. The Hall–Kier alpha value is -0.540. The molecule has 1 aliphatic heterocycles. The summed E-state index contributed by atoms with van der Waals surface area (Å²) < 4.78 is 6.35. The Morgan fingerprint density at radius 3 is 2.73 bits per heavy atom. The third-order valence-electron chi connectivity index (χ3n) is 2.73. The lowest BCUT2D eigenvalue weighted by Gasteiger charge is -2.38. The number of aryl methyl sites for hydroxylation is 1. The lowest BCUT2D eigenvalue weighted by molar-refractivity contribution is -0.0924. The van der Waals surface area contributed by atoms with Gasteiger partial charge in [-0.05, 0) is 40.5 Å². The van der Waals surface area contributed by atoms with E-state index < -0.39 is 0 Å². The number of halogens is 1. The maximum atomic E-state index is 5.22. The van der Waals surface area contributed by atoms with Crippen LogP contribution < -0.4 is 5.32 Å². The molecule has 0 unspecified atom stereocenters. The predicted octanol–water partition coefficient (Wildman–Crippen LogP) is 3.21. The van der Waals surface area contributed by atoms with E-state index in [1.807, 2.05) is 0 Å². The number of nitrogens with one attached hydrogen (secondary N) is 1. The highest BCUT2D eigenvalue weighted by molar-refractivity contribution is 9.10. The van der Waals surface area contributed by atoms with E-state index in [0.29, 0.717) is 5.41 Å². The first-order valence-electron chi connectivity index (χ1n) is 5.17. The topological polar surface area (TPSA) is 21.3 Å². The normalized spacial score (nSPS) is 18.3. The molecular weight excluding hydrogens is 254 g/mol. The van der Waals surface area contributed by atoms with Crippen LogP contribution in [0.3, 0.4) is 0 Å². The third kappa shape index (κ3) is 2.52. The first-order chi connectivity index (χ1) is 7.09. The number of anilines is 1. The van der Waals surface area contributed by atoms with Gasteiger partial charge in [0, 0.05) is 22.1 Å². The van der Waals surface area contributed by atoms with Crippen molar-refractivity contribution in [3.8, 4) is 0 Å². The Labute approximate surface area is 99.1 Å². The molecular formula is C12H16BrNO. The fourth-order valence-corrected chi connectivity index (χ4v) is 2.26. The summed E-state index contributed by atoms with van der Waals surface area (Å²) in [7, 11) is 0. The van der Waals surface area contributed by atoms with Gasteiger partial charge in [0.2, 0.25) is 0 Å². The second-order valence-electron chi connectivity index (χ2n) is 4.64. The number of hydrogen-bond acceptors (Lipinski definition) is 2. The molecule has 1 aliphatic rings. The van der Waals surface area contributed by atoms with Gasteiger partial charge < -0.3 is 10.1 Å². The van der Waals surface area contributed by atoms with Gasteiger partial charge in [-0.25, -0.2) is 0 Å². The van der Waals surface area contributed by atoms with Gasteiger partial charge in [0.25, 0.3) is 0 Å². The van der Waals surface area contributed by atoms with Crippen LogP contribution in [-0.4, -0.2) is 19.8 Å². The van der Waals surface area contributed by atoms with Gasteiger partial charge in [-0.3, -0.25) is 0 Å². The van der Waals surface area contributed by atoms with Crippen LogP contribution in [0, 0.1) is 12.3 Å². The largest absolute Gasteiger partial charge is 0.383 e. The van der Waals surface area contributed by atoms with Gasteiger partial charge in [0.1, 0.15) is 0 Å². The summed E-state index contributed by atoms with van der Waals surface area (Å²) in [6, 6.07) is 6.36. The van der Waals surface area contributed by atoms with Crippen LogP contribution in [-0.2, 0) is 4.74 Å². The van der Waals surface area contributed by atoms with Crippen molar-refractivity contribution >= 4 is 21.6 Å². The smallest absolute Gasteiger partial charge is 0.0559 e. The molecule has 0 bridgehead atoms. The average molecular weight is 270 g/mol. The van der Waals surface area contributed by atoms with E-state index in [9.17, 15) is 0 Å². The maximum Gasteiger partial charge on any atom is 0.0559 e. The van der Waals surface area contributed by atoms with Crippen molar-refractivity contribution in [2.45, 2.75) is 13.8 Å². The van der Waals surface area contributed by atoms with E-state index in [-0.39, 0.29) is 0 Å². The van der Waals surface area contributed by atoms with Crippen molar-refractivity contribution in [3.05, 3.63) is 28.2 Å². The van der Waals surface area contributed by atoms with Crippen molar-refractivity contribution < 1.29 is 4.74 Å². The first kappa shape index (κ1) is 11.0. The zero-order valence-electron chi connectivity index (χ0n) is 9.14. The van der Waals surface area contributed by atoms with Crippen LogP contribution in [0.25, 0.3) is 0 Å². The summed E-state index contributed by atoms with van der Waals surface area (Å²) >= 11 is 3.56. The molecule has 0 aromatic heterocycles. The first-order valence-corrected chi connectivity index (χ1v) is 5.96. The summed E-state index contributed by atoms with van der Waals surface area (Å²) in [5.41, 5.74) is 2.74. The van der Waals surface area contributed by atoms with E-state index in [1.165, 1.54) is 5.56 Å². The maximum absolute atomic E-state index is 5.22. The Morgan fingerprint density at radius 1 is 1.47 bits per heavy atom. The molecule has 1 saturated heterocycles. The lowest BCUT2D eigenvalue weighted by Crippen LogP contribution is -2.45. The van der Waals surface area contributed by atoms with Crippen molar-refractivity contribution in [3.63, 3.8) is 0 Å². The Morgan fingerprint density at radius 2 is 2.20 bits per heavy atom. The molecule has 0 atom stereocenters. The van der Waals surface area contributed by atoms with E-state index in [1.54, 1.807) is 0 Å². The van der Waals surface area contributed by atoms with Crippen LogP contribution in [0.2, 0.25) is 0 Å². The quantitative estimate of drug-likeness (QED) is 0.910. The third-order valence-corrected chi connectivity index (χ3v) is 3.39. The summed E-state index contributed by atoms with van der Waals surface area (Å²) in [4.78, 5) is 0. The second-order valence-corrected chi connectivity index (χ2v) is 5.49. The Kier molecular flexibility index (Phi) is 3.03. The average Bonchev–Trinajstić information content (AvgIpc) is 2.14. The molecule has 1 N–H and O–H groups in total. The molecule has 3 heteroatoms. The minimum absolute atomic E-state index is 0.310. The van der Waals surface area contributed by atoms with E-state index in [4.69, 9.17) is 4.74 Å². The molecule has 0 saturated carbocycles. The highest BCUT2D eigenvalue weighted by Crippen LogP contribution is 2.29. The standard InChI is InChI=1S/C12H16BrNO/c1-9-3-4-11(10(13)5-9)14-6-12(2)7-15-8-12/h3-5,14H,6-8H2,1-2H3. The molecule has 2 rings (SSSR count). The summed E-state index contributed by atoms with van der Waals surface area (Å²) in [5, 5.41) is 3.46. The minimum Gasteiger partial charge on any atom is -0.383 e. The van der Waals surface area contributed by atoms with Gasteiger partial charge in [0.15, 0.2) is 0 Å². The number of ether oxygens (including phenoxy) is 1. The fraction of sp³-hybridized carbons (Fsp3) is 0.500. The summed E-state index contributed by atoms with van der Waals surface area (Å²) in [6.07, 6.45) is 0. The minimum atomic E-state index is 0.310. The summed E-state index contributed by atoms with van der Waals surface area (Å²) in [5.74, 6) is 0. The van der Waals surface area contributed by atoms with Gasteiger partial charge in [-0.15, -0.1) is 0 Å². The SMILES string of the molecule is Cc1ccc(NCC2(C)COC2)c(Br)c1. The van der Waals surface area contributed by atoms with Crippen LogP contribution in [0.15, 0.2) is 22.7 Å². The van der Waals surface area contributed by atoms with E-state index in [0.717, 1.165) is 29.9 Å². The highest BCUT2D eigenvalue weighted by Gasteiger charge is 2.32. The molecule has 0 radical (unpaired) electrons. The van der Waals surface area contributed by atoms with Crippen LogP contribution in [0.4, 0.5) is 5.69 Å². The molecule has 0 amide bonds. The molecule has 15 heavy (non-hydrogen) atoms. The molecule has 0 spiro atoms. The fourth-order valence-electron chi connectivity index (χ4n) is 1.62.